The molecule has 0 bridgehead atoms. The number of anilines is 2. The number of nitrogens with one attached hydrogen (secondary N) is 1. The molecule has 2 aromatic carbocycles. The van der Waals surface area contributed by atoms with Crippen molar-refractivity contribution >= 4 is 34.0 Å². The predicted octanol–water partition coefficient (Wildman–Crippen LogP) is 5.78. The monoisotopic (exact) mass is 589 g/mol. The van der Waals surface area contributed by atoms with Gasteiger partial charge in [-0.05, 0) is 75.1 Å². The van der Waals surface area contributed by atoms with Gasteiger partial charge in [0, 0.05) is 49.4 Å². The van der Waals surface area contributed by atoms with E-state index < -0.39 is 28.5 Å². The van der Waals surface area contributed by atoms with Crippen molar-refractivity contribution in [2.45, 2.75) is 57.0 Å². The highest BCUT2D eigenvalue weighted by molar-refractivity contribution is 5.81. The number of ether oxygens (including phenoxy) is 1. The lowest BCUT2D eigenvalue weighted by Crippen LogP contribution is -2.52. The zero-order valence-electron chi connectivity index (χ0n) is 22.9. The Morgan fingerprint density at radius 2 is 1.76 bits per heavy atom. The molecule has 1 aliphatic heterocycles. The van der Waals surface area contributed by atoms with Crippen molar-refractivity contribution in [1.29, 1.82) is 0 Å². The number of benzene rings is 2. The zero-order valence-corrected chi connectivity index (χ0v) is 22.9. The Balaban J connectivity index is 1.08. The first-order chi connectivity index (χ1) is 20.0. The lowest BCUT2D eigenvalue weighted by molar-refractivity contribution is -0.388. The number of hydrogen-bond acceptors (Lipinski definition) is 7. The fraction of sp³-hybridized carbons (Fsp3) is 0.448. The van der Waals surface area contributed by atoms with E-state index >= 15 is 0 Å². The van der Waals surface area contributed by atoms with Gasteiger partial charge in [-0.3, -0.25) is 14.9 Å². The Morgan fingerprint density at radius 1 is 1.05 bits per heavy atom. The summed E-state index contributed by atoms with van der Waals surface area (Å²) in [5, 5.41) is 14.8. The van der Waals surface area contributed by atoms with Crippen LogP contribution in [-0.2, 0) is 15.7 Å². The Kier molecular flexibility index (Phi) is 8.48. The molecule has 9 nitrogen and oxygen atoms in total. The number of carbonyl (C=O) groups is 1. The van der Waals surface area contributed by atoms with Gasteiger partial charge >= 0.3 is 6.18 Å². The van der Waals surface area contributed by atoms with Crippen LogP contribution in [0.2, 0.25) is 0 Å². The summed E-state index contributed by atoms with van der Waals surface area (Å²) in [5.74, 6) is 0.372. The first-order valence-electron chi connectivity index (χ1n) is 13.9. The van der Waals surface area contributed by atoms with Crippen LogP contribution in [0.1, 0.15) is 38.2 Å². The predicted molar refractivity (Wildman–Crippen MR) is 149 cm³/mol. The van der Waals surface area contributed by atoms with E-state index in [9.17, 15) is 32.5 Å². The van der Waals surface area contributed by atoms with Gasteiger partial charge in [0.15, 0.2) is 0 Å². The second-order valence-electron chi connectivity index (χ2n) is 10.7. The standard InChI is InChI=1S/C29H31F4N5O4/c1-18(28(39)37-14-12-36(13-15-37)27-11-2-19-16-20(30)3-9-25(19)35-27)42-23-7-4-21(5-8-23)34-22-6-10-26(38(40)41)24(17-22)29(31,32)33/h2-3,6,9-11,16-18,21,23,34H,4-5,7-8,12-15H2,1H3. The first-order valence-corrected chi connectivity index (χ1v) is 13.9. The van der Waals surface area contributed by atoms with E-state index in [1.54, 1.807) is 17.9 Å². The molecule has 224 valence electrons. The molecule has 1 amide bonds. The molecular weight excluding hydrogens is 558 g/mol. The van der Waals surface area contributed by atoms with Crippen LogP contribution < -0.4 is 10.2 Å². The molecule has 2 fully saturated rings. The van der Waals surface area contributed by atoms with Gasteiger partial charge < -0.3 is 19.9 Å². The van der Waals surface area contributed by atoms with Crippen LogP contribution >= 0.6 is 0 Å². The Bertz CT molecular complexity index is 1450. The third-order valence-electron chi connectivity index (χ3n) is 7.84. The first kappa shape index (κ1) is 29.5. The second-order valence-corrected chi connectivity index (χ2v) is 10.7. The number of pyridine rings is 1. The number of halogens is 4. The topological polar surface area (TPSA) is 101 Å². The van der Waals surface area contributed by atoms with Gasteiger partial charge in [0.25, 0.3) is 11.6 Å². The molecule has 2 aliphatic rings. The number of amides is 1. The average Bonchev–Trinajstić information content (AvgIpc) is 2.97. The quantitative estimate of drug-likeness (QED) is 0.212. The minimum absolute atomic E-state index is 0.0950. The van der Waals surface area contributed by atoms with Crippen LogP contribution in [0.25, 0.3) is 10.9 Å². The number of alkyl halides is 3. The number of nitro benzene ring substituents is 1. The molecule has 1 aromatic heterocycles. The molecule has 1 saturated heterocycles. The molecule has 1 N–H and O–H groups in total. The Morgan fingerprint density at radius 3 is 2.43 bits per heavy atom. The van der Waals surface area contributed by atoms with Gasteiger partial charge in [-0.25, -0.2) is 9.37 Å². The van der Waals surface area contributed by atoms with Crippen LogP contribution in [0, 0.1) is 15.9 Å². The summed E-state index contributed by atoms with van der Waals surface area (Å²) in [5.41, 5.74) is -1.38. The van der Waals surface area contributed by atoms with Gasteiger partial charge in [0.2, 0.25) is 0 Å². The van der Waals surface area contributed by atoms with Crippen LogP contribution in [0.15, 0.2) is 48.5 Å². The molecular formula is C29H31F4N5O4. The number of rotatable bonds is 7. The molecule has 0 radical (unpaired) electrons. The number of fused-ring (bicyclic) bond motifs is 1. The third-order valence-corrected chi connectivity index (χ3v) is 7.84. The highest BCUT2D eigenvalue weighted by Crippen LogP contribution is 2.38. The maximum Gasteiger partial charge on any atom is 0.423 e. The van der Waals surface area contributed by atoms with Crippen molar-refractivity contribution in [3.63, 3.8) is 0 Å². The summed E-state index contributed by atoms with van der Waals surface area (Å²) < 4.78 is 59.5. The Hall–Kier alpha value is -4.00. The summed E-state index contributed by atoms with van der Waals surface area (Å²) in [4.78, 5) is 31.5. The zero-order chi connectivity index (χ0) is 30.0. The summed E-state index contributed by atoms with van der Waals surface area (Å²) in [7, 11) is 0. The highest BCUT2D eigenvalue weighted by atomic mass is 19.4. The molecule has 1 aliphatic carbocycles. The summed E-state index contributed by atoms with van der Waals surface area (Å²) in [6, 6.07) is 11.0. The number of hydrogen-bond donors (Lipinski definition) is 1. The van der Waals surface area contributed by atoms with Crippen molar-refractivity contribution in [1.82, 2.24) is 9.88 Å². The van der Waals surface area contributed by atoms with Crippen molar-refractivity contribution in [2.24, 2.45) is 0 Å². The molecule has 3 aromatic rings. The van der Waals surface area contributed by atoms with E-state index in [0.29, 0.717) is 57.4 Å². The van der Waals surface area contributed by atoms with Gasteiger partial charge in [0.05, 0.1) is 16.5 Å². The van der Waals surface area contributed by atoms with E-state index in [-0.39, 0.29) is 29.6 Å². The molecule has 42 heavy (non-hydrogen) atoms. The molecule has 1 atom stereocenters. The number of carbonyl (C=O) groups excluding carboxylic acids is 1. The van der Waals surface area contributed by atoms with Gasteiger partial charge in [-0.15, -0.1) is 0 Å². The minimum atomic E-state index is -4.84. The Labute approximate surface area is 239 Å². The number of aromatic nitrogens is 1. The second kappa shape index (κ2) is 12.1. The number of piperazine rings is 1. The normalized spacial score (nSPS) is 20.4. The highest BCUT2D eigenvalue weighted by Gasteiger charge is 2.38. The molecule has 0 spiro atoms. The van der Waals surface area contributed by atoms with Crippen molar-refractivity contribution in [2.75, 3.05) is 36.4 Å². The molecule has 13 heteroatoms. The lowest BCUT2D eigenvalue weighted by atomic mass is 9.92. The van der Waals surface area contributed by atoms with Crippen molar-refractivity contribution < 1.29 is 32.0 Å². The van der Waals surface area contributed by atoms with Gasteiger partial charge in [0.1, 0.15) is 23.3 Å². The summed E-state index contributed by atoms with van der Waals surface area (Å²) in [6.07, 6.45) is -3.14. The largest absolute Gasteiger partial charge is 0.423 e. The fourth-order valence-electron chi connectivity index (χ4n) is 5.61. The van der Waals surface area contributed by atoms with Crippen LogP contribution in [0.3, 0.4) is 0 Å². The SMILES string of the molecule is CC(OC1CCC(Nc2ccc([N+](=O)[O-])c(C(F)(F)F)c2)CC1)C(=O)N1CCN(c2ccc3cc(F)ccc3n2)CC1. The van der Waals surface area contributed by atoms with Crippen LogP contribution in [-0.4, -0.2) is 65.1 Å². The van der Waals surface area contributed by atoms with E-state index in [1.807, 2.05) is 12.1 Å². The molecule has 1 unspecified atom stereocenters. The van der Waals surface area contributed by atoms with Gasteiger partial charge in [-0.2, -0.15) is 13.2 Å². The summed E-state index contributed by atoms with van der Waals surface area (Å²) in [6.45, 7) is 3.98. The van der Waals surface area contributed by atoms with Gasteiger partial charge in [-0.1, -0.05) is 0 Å². The van der Waals surface area contributed by atoms with E-state index in [1.165, 1.54) is 18.2 Å². The van der Waals surface area contributed by atoms with Crippen molar-refractivity contribution in [3.05, 3.63) is 70.0 Å². The van der Waals surface area contributed by atoms with E-state index in [0.717, 1.165) is 23.3 Å². The average molecular weight is 590 g/mol. The van der Waals surface area contributed by atoms with Crippen molar-refractivity contribution in [3.8, 4) is 0 Å². The fourth-order valence-corrected chi connectivity index (χ4v) is 5.61. The number of nitrogens with zero attached hydrogens (tertiary/aromatic N) is 4. The molecule has 1 saturated carbocycles. The third kappa shape index (κ3) is 6.72. The molecule has 5 rings (SSSR count). The summed E-state index contributed by atoms with van der Waals surface area (Å²) >= 11 is 0. The smallest absolute Gasteiger partial charge is 0.382 e. The minimum Gasteiger partial charge on any atom is -0.382 e. The number of nitro groups is 1. The van der Waals surface area contributed by atoms with E-state index in [4.69, 9.17) is 4.74 Å². The molecule has 2 heterocycles. The van der Waals surface area contributed by atoms with Crippen LogP contribution in [0.5, 0.6) is 0 Å². The lowest BCUT2D eigenvalue weighted by Gasteiger charge is -2.37. The maximum absolute atomic E-state index is 13.5. The van der Waals surface area contributed by atoms with Crippen LogP contribution in [0.4, 0.5) is 34.8 Å². The maximum atomic E-state index is 13.5. The van der Waals surface area contributed by atoms with E-state index in [2.05, 4.69) is 15.2 Å².